The summed E-state index contributed by atoms with van der Waals surface area (Å²) >= 11 is 0. The summed E-state index contributed by atoms with van der Waals surface area (Å²) in [5.74, 6) is 0.586. The van der Waals surface area contributed by atoms with Crippen molar-refractivity contribution in [1.29, 1.82) is 0 Å². The number of nitrogens with one attached hydrogen (secondary N) is 2. The van der Waals surface area contributed by atoms with E-state index in [1.54, 1.807) is 38.1 Å². The van der Waals surface area contributed by atoms with Crippen molar-refractivity contribution < 1.29 is 23.9 Å². The van der Waals surface area contributed by atoms with Crippen molar-refractivity contribution in [2.45, 2.75) is 26.3 Å². The summed E-state index contributed by atoms with van der Waals surface area (Å²) in [4.78, 5) is 36.5. The summed E-state index contributed by atoms with van der Waals surface area (Å²) in [7, 11) is 0. The van der Waals surface area contributed by atoms with Crippen LogP contribution >= 0.6 is 0 Å². The fourth-order valence-electron chi connectivity index (χ4n) is 2.32. The minimum atomic E-state index is -0.978. The maximum Gasteiger partial charge on any atom is 0.325 e. The molecular formula is C17H23N3O5. The van der Waals surface area contributed by atoms with Gasteiger partial charge < -0.3 is 20.1 Å². The molecule has 0 atom stereocenters. The first-order valence-corrected chi connectivity index (χ1v) is 8.10. The average Bonchev–Trinajstić information content (AvgIpc) is 2.75. The maximum atomic E-state index is 12.0. The molecule has 25 heavy (non-hydrogen) atoms. The smallest absolute Gasteiger partial charge is 0.325 e. The molecule has 2 N–H and O–H groups in total. The van der Waals surface area contributed by atoms with Gasteiger partial charge in [-0.25, -0.2) is 4.79 Å². The van der Waals surface area contributed by atoms with E-state index in [-0.39, 0.29) is 19.7 Å². The number of carbonyl (C=O) groups is 3. The SMILES string of the molecule is CCOc1ccc(OCCNC(=O)CN2C(=O)NC(C)(C)C2=O)cc1. The number of nitrogens with zero attached hydrogens (tertiary/aromatic N) is 1. The van der Waals surface area contributed by atoms with Crippen molar-refractivity contribution >= 4 is 17.8 Å². The largest absolute Gasteiger partial charge is 0.494 e. The van der Waals surface area contributed by atoms with E-state index in [1.165, 1.54) is 0 Å². The molecule has 0 unspecified atom stereocenters. The molecule has 1 aliphatic heterocycles. The minimum Gasteiger partial charge on any atom is -0.494 e. The van der Waals surface area contributed by atoms with Crippen LogP contribution in [-0.2, 0) is 9.59 Å². The van der Waals surface area contributed by atoms with Crippen LogP contribution in [0.3, 0.4) is 0 Å². The molecule has 136 valence electrons. The highest BCUT2D eigenvalue weighted by molar-refractivity contribution is 6.08. The van der Waals surface area contributed by atoms with Gasteiger partial charge in [-0.15, -0.1) is 0 Å². The average molecular weight is 349 g/mol. The van der Waals surface area contributed by atoms with Crippen molar-refractivity contribution in [2.24, 2.45) is 0 Å². The molecule has 0 radical (unpaired) electrons. The van der Waals surface area contributed by atoms with Crippen LogP contribution in [-0.4, -0.2) is 54.6 Å². The van der Waals surface area contributed by atoms with Crippen molar-refractivity contribution in [3.8, 4) is 11.5 Å². The first kappa shape index (κ1) is 18.6. The Hall–Kier alpha value is -2.77. The van der Waals surface area contributed by atoms with Crippen LogP contribution in [0.15, 0.2) is 24.3 Å². The van der Waals surface area contributed by atoms with Crippen molar-refractivity contribution in [2.75, 3.05) is 26.3 Å². The van der Waals surface area contributed by atoms with E-state index in [4.69, 9.17) is 9.47 Å². The summed E-state index contributed by atoms with van der Waals surface area (Å²) < 4.78 is 10.8. The summed E-state index contributed by atoms with van der Waals surface area (Å²) in [6.07, 6.45) is 0. The molecule has 8 nitrogen and oxygen atoms in total. The van der Waals surface area contributed by atoms with Gasteiger partial charge in [-0.3, -0.25) is 14.5 Å². The Morgan fingerprint density at radius 2 is 1.76 bits per heavy atom. The van der Waals surface area contributed by atoms with E-state index < -0.39 is 23.4 Å². The lowest BCUT2D eigenvalue weighted by molar-refractivity contribution is -0.134. The van der Waals surface area contributed by atoms with Gasteiger partial charge in [0.25, 0.3) is 5.91 Å². The normalized spacial score (nSPS) is 15.7. The van der Waals surface area contributed by atoms with Crippen LogP contribution in [0.5, 0.6) is 11.5 Å². The summed E-state index contributed by atoms with van der Waals surface area (Å²) in [6, 6.07) is 6.61. The van der Waals surface area contributed by atoms with E-state index in [1.807, 2.05) is 6.92 Å². The fourth-order valence-corrected chi connectivity index (χ4v) is 2.32. The van der Waals surface area contributed by atoms with Gasteiger partial charge in [-0.1, -0.05) is 0 Å². The highest BCUT2D eigenvalue weighted by Gasteiger charge is 2.44. The number of ether oxygens (including phenoxy) is 2. The Labute approximate surface area is 146 Å². The van der Waals surface area contributed by atoms with Crippen LogP contribution in [0.4, 0.5) is 4.79 Å². The lowest BCUT2D eigenvalue weighted by Crippen LogP contribution is -2.43. The number of rotatable bonds is 8. The molecule has 0 spiro atoms. The Balaban J connectivity index is 1.70. The molecule has 1 aliphatic rings. The standard InChI is InChI=1S/C17H23N3O5/c1-4-24-12-5-7-13(8-6-12)25-10-9-18-14(21)11-20-15(22)17(2,3)19-16(20)23/h5-8H,4,9-11H2,1-3H3,(H,18,21)(H,19,23). The number of benzene rings is 1. The highest BCUT2D eigenvalue weighted by Crippen LogP contribution is 2.17. The molecule has 0 bridgehead atoms. The molecule has 1 heterocycles. The maximum absolute atomic E-state index is 12.0. The minimum absolute atomic E-state index is 0.263. The Bertz CT molecular complexity index is 642. The Kier molecular flexibility index (Phi) is 5.84. The quantitative estimate of drug-likeness (QED) is 0.537. The second kappa shape index (κ2) is 7.87. The van der Waals surface area contributed by atoms with Gasteiger partial charge in [0.1, 0.15) is 30.2 Å². The van der Waals surface area contributed by atoms with Gasteiger partial charge in [0.2, 0.25) is 5.91 Å². The van der Waals surface area contributed by atoms with Gasteiger partial charge in [-0.05, 0) is 45.0 Å². The van der Waals surface area contributed by atoms with Crippen molar-refractivity contribution in [3.63, 3.8) is 0 Å². The van der Waals surface area contributed by atoms with Gasteiger partial charge in [0.05, 0.1) is 13.2 Å². The molecule has 4 amide bonds. The lowest BCUT2D eigenvalue weighted by Gasteiger charge is -2.15. The van der Waals surface area contributed by atoms with E-state index in [0.29, 0.717) is 12.4 Å². The molecule has 8 heteroatoms. The Morgan fingerprint density at radius 1 is 1.16 bits per heavy atom. The van der Waals surface area contributed by atoms with E-state index in [9.17, 15) is 14.4 Å². The first-order valence-electron chi connectivity index (χ1n) is 8.10. The summed E-state index contributed by atoms with van der Waals surface area (Å²) in [5.41, 5.74) is -0.978. The van der Waals surface area contributed by atoms with Crippen molar-refractivity contribution in [1.82, 2.24) is 15.5 Å². The molecule has 0 aliphatic carbocycles. The van der Waals surface area contributed by atoms with Crippen LogP contribution in [0.25, 0.3) is 0 Å². The van der Waals surface area contributed by atoms with Crippen LogP contribution < -0.4 is 20.1 Å². The second-order valence-electron chi connectivity index (χ2n) is 6.05. The topological polar surface area (TPSA) is 97.0 Å². The number of carbonyl (C=O) groups excluding carboxylic acids is 3. The molecule has 1 saturated heterocycles. The van der Waals surface area contributed by atoms with Gasteiger partial charge >= 0.3 is 6.03 Å². The Morgan fingerprint density at radius 3 is 2.28 bits per heavy atom. The van der Waals surface area contributed by atoms with Crippen LogP contribution in [0, 0.1) is 0 Å². The number of hydrogen-bond donors (Lipinski definition) is 2. The van der Waals surface area contributed by atoms with E-state index >= 15 is 0 Å². The molecule has 0 aromatic heterocycles. The number of imide groups is 1. The van der Waals surface area contributed by atoms with Crippen LogP contribution in [0.1, 0.15) is 20.8 Å². The van der Waals surface area contributed by atoms with Gasteiger partial charge in [0, 0.05) is 0 Å². The first-order chi connectivity index (χ1) is 11.8. The van der Waals surface area contributed by atoms with Crippen molar-refractivity contribution in [3.05, 3.63) is 24.3 Å². The zero-order chi connectivity index (χ0) is 18.4. The third-order valence-corrected chi connectivity index (χ3v) is 3.57. The van der Waals surface area contributed by atoms with Gasteiger partial charge in [-0.2, -0.15) is 0 Å². The summed E-state index contributed by atoms with van der Waals surface area (Å²) in [5, 5.41) is 5.14. The number of hydrogen-bond acceptors (Lipinski definition) is 5. The zero-order valence-corrected chi connectivity index (χ0v) is 14.6. The molecule has 2 rings (SSSR count). The molecule has 0 saturated carbocycles. The van der Waals surface area contributed by atoms with Gasteiger partial charge in [0.15, 0.2) is 0 Å². The zero-order valence-electron chi connectivity index (χ0n) is 14.6. The third kappa shape index (κ3) is 4.85. The molecule has 1 aromatic carbocycles. The number of amides is 4. The van der Waals surface area contributed by atoms with E-state index in [0.717, 1.165) is 10.6 Å². The summed E-state index contributed by atoms with van der Waals surface area (Å²) in [6.45, 7) is 5.92. The van der Waals surface area contributed by atoms with E-state index in [2.05, 4.69) is 10.6 Å². The predicted octanol–water partition coefficient (Wildman–Crippen LogP) is 0.911. The molecule has 1 fully saturated rings. The predicted molar refractivity (Wildman–Crippen MR) is 90.4 cm³/mol. The lowest BCUT2D eigenvalue weighted by atomic mass is 10.1. The fraction of sp³-hybridized carbons (Fsp3) is 0.471. The highest BCUT2D eigenvalue weighted by atomic mass is 16.5. The van der Waals surface area contributed by atoms with Crippen LogP contribution in [0.2, 0.25) is 0 Å². The molecular weight excluding hydrogens is 326 g/mol. The second-order valence-corrected chi connectivity index (χ2v) is 6.05. The third-order valence-electron chi connectivity index (χ3n) is 3.57. The number of urea groups is 1. The monoisotopic (exact) mass is 349 g/mol. The molecule has 1 aromatic rings.